The van der Waals surface area contributed by atoms with Crippen molar-refractivity contribution in [2.24, 2.45) is 7.05 Å². The molecule has 1 saturated heterocycles. The molecule has 2 amide bonds. The maximum Gasteiger partial charge on any atom is 0.416 e. The van der Waals surface area contributed by atoms with Crippen LogP contribution >= 0.6 is 0 Å². The lowest BCUT2D eigenvalue weighted by Crippen LogP contribution is -2.35. The summed E-state index contributed by atoms with van der Waals surface area (Å²) in [5, 5.41) is 6.84. The number of hydrogen-bond acceptors (Lipinski definition) is 5. The Kier molecular flexibility index (Phi) is 4.60. The molecular formula is C17H20N4O4. The van der Waals surface area contributed by atoms with E-state index in [2.05, 4.69) is 10.4 Å². The first kappa shape index (κ1) is 16.8. The van der Waals surface area contributed by atoms with Crippen LogP contribution in [0.25, 0.3) is 0 Å². The molecule has 1 unspecified atom stereocenters. The van der Waals surface area contributed by atoms with Crippen LogP contribution in [0.3, 0.4) is 0 Å². The molecule has 0 saturated carbocycles. The Balaban J connectivity index is 1.63. The van der Waals surface area contributed by atoms with Gasteiger partial charge in [0.05, 0.1) is 32.0 Å². The van der Waals surface area contributed by atoms with Crippen molar-refractivity contribution in [3.05, 3.63) is 41.6 Å². The molecule has 0 bridgehead atoms. The van der Waals surface area contributed by atoms with Crippen LogP contribution in [0.4, 0.5) is 10.6 Å². The molecule has 132 valence electrons. The van der Waals surface area contributed by atoms with Gasteiger partial charge < -0.3 is 14.8 Å². The zero-order valence-corrected chi connectivity index (χ0v) is 14.4. The highest BCUT2D eigenvalue weighted by molar-refractivity contribution is 5.97. The molecule has 1 aromatic carbocycles. The van der Waals surface area contributed by atoms with E-state index in [0.717, 1.165) is 5.56 Å². The summed E-state index contributed by atoms with van der Waals surface area (Å²) in [5.74, 6) is 0.887. The molecule has 0 spiro atoms. The number of nitrogens with one attached hydrogen (secondary N) is 1. The van der Waals surface area contributed by atoms with Gasteiger partial charge in [0.25, 0.3) is 5.91 Å². The van der Waals surface area contributed by atoms with E-state index in [4.69, 9.17) is 9.47 Å². The fraction of sp³-hybridized carbons (Fsp3) is 0.353. The lowest BCUT2D eigenvalue weighted by molar-refractivity contribution is 0.0913. The molecule has 1 fully saturated rings. The summed E-state index contributed by atoms with van der Waals surface area (Å²) in [6.07, 6.45) is 0.736. The van der Waals surface area contributed by atoms with E-state index in [1.54, 1.807) is 36.1 Å². The van der Waals surface area contributed by atoms with Gasteiger partial charge in [0.1, 0.15) is 17.7 Å². The molecule has 8 nitrogen and oxygen atoms in total. The first-order valence-corrected chi connectivity index (χ1v) is 7.88. The van der Waals surface area contributed by atoms with Crippen molar-refractivity contribution < 1.29 is 19.1 Å². The van der Waals surface area contributed by atoms with Gasteiger partial charge in [-0.15, -0.1) is 0 Å². The number of methoxy groups -OCH3 is 1. The van der Waals surface area contributed by atoms with E-state index in [9.17, 15) is 9.59 Å². The Bertz CT molecular complexity index is 802. The number of nitrogens with zero attached hydrogens (tertiary/aromatic N) is 3. The van der Waals surface area contributed by atoms with Crippen molar-refractivity contribution in [3.8, 4) is 5.75 Å². The van der Waals surface area contributed by atoms with Gasteiger partial charge in [-0.1, -0.05) is 11.6 Å². The van der Waals surface area contributed by atoms with E-state index >= 15 is 0 Å². The largest absolute Gasteiger partial charge is 0.496 e. The molecule has 1 atom stereocenters. The average Bonchev–Trinajstić information content (AvgIpc) is 3.17. The van der Waals surface area contributed by atoms with Gasteiger partial charge in [0.2, 0.25) is 0 Å². The summed E-state index contributed by atoms with van der Waals surface area (Å²) in [4.78, 5) is 25.9. The minimum atomic E-state index is -0.448. The van der Waals surface area contributed by atoms with Gasteiger partial charge in [-0.05, 0) is 19.1 Å². The predicted molar refractivity (Wildman–Crippen MR) is 90.9 cm³/mol. The molecule has 25 heavy (non-hydrogen) atoms. The zero-order chi connectivity index (χ0) is 18.0. The third kappa shape index (κ3) is 3.42. The summed E-state index contributed by atoms with van der Waals surface area (Å²) >= 11 is 0. The topological polar surface area (TPSA) is 85.7 Å². The predicted octanol–water partition coefficient (Wildman–Crippen LogP) is 1.49. The van der Waals surface area contributed by atoms with Crippen LogP contribution in [0.1, 0.15) is 15.9 Å². The molecule has 3 rings (SSSR count). The fourth-order valence-electron chi connectivity index (χ4n) is 2.75. The maximum atomic E-state index is 12.4. The van der Waals surface area contributed by atoms with E-state index in [-0.39, 0.29) is 12.5 Å². The molecule has 0 radical (unpaired) electrons. The van der Waals surface area contributed by atoms with Crippen LogP contribution in [0.2, 0.25) is 0 Å². The molecule has 1 aromatic heterocycles. The number of anilines is 1. The smallest absolute Gasteiger partial charge is 0.416 e. The molecule has 2 aromatic rings. The number of aryl methyl sites for hydroxylation is 2. The third-order valence-corrected chi connectivity index (χ3v) is 4.04. The summed E-state index contributed by atoms with van der Waals surface area (Å²) in [7, 11) is 3.27. The first-order valence-electron chi connectivity index (χ1n) is 7.88. The SMILES string of the molecule is COc1ccc(C)cc1C(=O)NCC1CN(c2ccnn2C)C(=O)O1. The van der Waals surface area contributed by atoms with Gasteiger partial charge >= 0.3 is 6.09 Å². The lowest BCUT2D eigenvalue weighted by Gasteiger charge is -2.13. The maximum absolute atomic E-state index is 12.4. The highest BCUT2D eigenvalue weighted by Gasteiger charge is 2.34. The van der Waals surface area contributed by atoms with Crippen LogP contribution in [0.15, 0.2) is 30.5 Å². The van der Waals surface area contributed by atoms with Gasteiger partial charge in [-0.3, -0.25) is 14.4 Å². The number of cyclic esters (lactones) is 1. The van der Waals surface area contributed by atoms with E-state index in [1.807, 2.05) is 13.0 Å². The lowest BCUT2D eigenvalue weighted by atomic mass is 10.1. The molecule has 0 aliphatic carbocycles. The Morgan fingerprint density at radius 2 is 2.24 bits per heavy atom. The zero-order valence-electron chi connectivity index (χ0n) is 14.4. The number of hydrogen-bond donors (Lipinski definition) is 1. The summed E-state index contributed by atoms with van der Waals surface area (Å²) in [5.41, 5.74) is 1.41. The molecule has 1 N–H and O–H groups in total. The second-order valence-electron chi connectivity index (χ2n) is 5.84. The van der Waals surface area contributed by atoms with Crippen molar-refractivity contribution in [1.82, 2.24) is 15.1 Å². The third-order valence-electron chi connectivity index (χ3n) is 4.04. The van der Waals surface area contributed by atoms with Crippen LogP contribution in [0.5, 0.6) is 5.75 Å². The van der Waals surface area contributed by atoms with E-state index < -0.39 is 12.2 Å². The number of ether oxygens (including phenoxy) is 2. The van der Waals surface area contributed by atoms with Crippen molar-refractivity contribution in [1.29, 1.82) is 0 Å². The molecule has 1 aliphatic rings. The number of carbonyl (C=O) groups excluding carboxylic acids is 2. The van der Waals surface area contributed by atoms with Crippen molar-refractivity contribution >= 4 is 17.8 Å². The number of rotatable bonds is 5. The summed E-state index contributed by atoms with van der Waals surface area (Å²) in [6, 6.07) is 7.13. The van der Waals surface area contributed by atoms with E-state index in [1.165, 1.54) is 12.0 Å². The molecular weight excluding hydrogens is 324 g/mol. The van der Waals surface area contributed by atoms with Crippen LogP contribution in [-0.2, 0) is 11.8 Å². The quantitative estimate of drug-likeness (QED) is 0.888. The minimum Gasteiger partial charge on any atom is -0.496 e. The minimum absolute atomic E-state index is 0.218. The Hall–Kier alpha value is -3.03. The number of aromatic nitrogens is 2. The number of carbonyl (C=O) groups is 2. The van der Waals surface area contributed by atoms with Gasteiger partial charge in [-0.2, -0.15) is 5.10 Å². The van der Waals surface area contributed by atoms with Crippen LogP contribution < -0.4 is 15.0 Å². The monoisotopic (exact) mass is 344 g/mol. The summed E-state index contributed by atoms with van der Waals surface area (Å²) < 4.78 is 12.1. The normalized spacial score (nSPS) is 16.7. The highest BCUT2D eigenvalue weighted by atomic mass is 16.6. The molecule has 1 aliphatic heterocycles. The standard InChI is InChI=1S/C17H20N4O4/c1-11-4-5-14(24-3)13(8-11)16(22)18-9-12-10-21(17(23)25-12)15-6-7-19-20(15)2/h4-8,12H,9-10H2,1-3H3,(H,18,22). The Morgan fingerprint density at radius 1 is 1.44 bits per heavy atom. The first-order chi connectivity index (χ1) is 12.0. The van der Waals surface area contributed by atoms with Crippen molar-refractivity contribution in [2.45, 2.75) is 13.0 Å². The average molecular weight is 344 g/mol. The summed E-state index contributed by atoms with van der Waals surface area (Å²) in [6.45, 7) is 2.47. The van der Waals surface area contributed by atoms with Crippen molar-refractivity contribution in [2.75, 3.05) is 25.1 Å². The Labute approximate surface area is 145 Å². The van der Waals surface area contributed by atoms with Gasteiger partial charge in [-0.25, -0.2) is 4.79 Å². The fourth-order valence-corrected chi connectivity index (χ4v) is 2.75. The van der Waals surface area contributed by atoms with Crippen LogP contribution in [0, 0.1) is 6.92 Å². The second-order valence-corrected chi connectivity index (χ2v) is 5.84. The van der Waals surface area contributed by atoms with Gasteiger partial charge in [0.15, 0.2) is 0 Å². The van der Waals surface area contributed by atoms with Gasteiger partial charge in [0, 0.05) is 13.1 Å². The van der Waals surface area contributed by atoms with Crippen molar-refractivity contribution in [3.63, 3.8) is 0 Å². The number of benzene rings is 1. The second kappa shape index (κ2) is 6.84. The molecule has 8 heteroatoms. The molecule has 2 heterocycles. The van der Waals surface area contributed by atoms with E-state index in [0.29, 0.717) is 23.7 Å². The Morgan fingerprint density at radius 3 is 2.92 bits per heavy atom. The number of amides is 2. The highest BCUT2D eigenvalue weighted by Crippen LogP contribution is 2.21. The van der Waals surface area contributed by atoms with Crippen LogP contribution in [-0.4, -0.2) is 48.1 Å².